The van der Waals surface area contributed by atoms with Gasteiger partial charge in [0.05, 0.1) is 16.8 Å². The SMILES string of the molecule is O=[N+]([O-])c1ccc(-c2nc(C=Nc3cccc4ccccc34)c(O)o2)cc1. The van der Waals surface area contributed by atoms with Crippen molar-refractivity contribution < 1.29 is 14.4 Å². The van der Waals surface area contributed by atoms with Gasteiger partial charge in [-0.2, -0.15) is 0 Å². The first kappa shape index (κ1) is 16.5. The van der Waals surface area contributed by atoms with Gasteiger partial charge in [0.25, 0.3) is 5.69 Å². The number of aromatic hydroxyl groups is 1. The zero-order chi connectivity index (χ0) is 18.8. The van der Waals surface area contributed by atoms with Crippen molar-refractivity contribution in [2.75, 3.05) is 0 Å². The molecule has 3 aromatic carbocycles. The number of hydrogen-bond donors (Lipinski definition) is 1. The van der Waals surface area contributed by atoms with Gasteiger partial charge in [0.2, 0.25) is 5.89 Å². The lowest BCUT2D eigenvalue weighted by molar-refractivity contribution is -0.384. The van der Waals surface area contributed by atoms with Gasteiger partial charge in [0.1, 0.15) is 0 Å². The average molecular weight is 359 g/mol. The summed E-state index contributed by atoms with van der Waals surface area (Å²) in [4.78, 5) is 18.9. The van der Waals surface area contributed by atoms with Gasteiger partial charge in [-0.1, -0.05) is 36.4 Å². The number of hydrogen-bond acceptors (Lipinski definition) is 6. The fourth-order valence-corrected chi connectivity index (χ4v) is 2.71. The number of aromatic nitrogens is 1. The van der Waals surface area contributed by atoms with Gasteiger partial charge in [-0.3, -0.25) is 15.1 Å². The van der Waals surface area contributed by atoms with Gasteiger partial charge in [-0.25, -0.2) is 4.98 Å². The van der Waals surface area contributed by atoms with Crippen molar-refractivity contribution in [1.29, 1.82) is 0 Å². The molecule has 27 heavy (non-hydrogen) atoms. The maximum absolute atomic E-state index is 10.7. The molecule has 7 heteroatoms. The van der Waals surface area contributed by atoms with Crippen LogP contribution in [0, 0.1) is 10.1 Å². The Balaban J connectivity index is 1.65. The largest absolute Gasteiger partial charge is 0.479 e. The fraction of sp³-hybridized carbons (Fsp3) is 0. The van der Waals surface area contributed by atoms with Crippen LogP contribution in [0.5, 0.6) is 5.95 Å². The van der Waals surface area contributed by atoms with E-state index >= 15 is 0 Å². The molecule has 0 aliphatic carbocycles. The molecule has 4 aromatic rings. The van der Waals surface area contributed by atoms with Crippen LogP contribution in [-0.4, -0.2) is 21.2 Å². The summed E-state index contributed by atoms with van der Waals surface area (Å²) in [6.07, 6.45) is 1.43. The molecule has 1 heterocycles. The second-order valence-corrected chi connectivity index (χ2v) is 5.77. The Kier molecular flexibility index (Phi) is 4.10. The standard InChI is InChI=1S/C20H13N3O4/c24-20-18(12-21-17-7-3-5-13-4-1-2-6-16(13)17)22-19(27-20)14-8-10-15(11-9-14)23(25)26/h1-12,24H. The molecule has 0 aliphatic rings. The number of fused-ring (bicyclic) bond motifs is 1. The molecule has 0 unspecified atom stereocenters. The molecule has 4 rings (SSSR count). The van der Waals surface area contributed by atoms with Crippen LogP contribution in [0.4, 0.5) is 11.4 Å². The van der Waals surface area contributed by atoms with E-state index < -0.39 is 4.92 Å². The molecule has 0 atom stereocenters. The Bertz CT molecular complexity index is 1160. The quantitative estimate of drug-likeness (QED) is 0.318. The molecule has 0 saturated carbocycles. The molecule has 0 saturated heterocycles. The van der Waals surface area contributed by atoms with E-state index in [0.717, 1.165) is 16.5 Å². The highest BCUT2D eigenvalue weighted by molar-refractivity contribution is 5.95. The predicted octanol–water partition coefficient (Wildman–Crippen LogP) is 4.86. The zero-order valence-electron chi connectivity index (χ0n) is 13.9. The molecule has 0 aliphatic heterocycles. The van der Waals surface area contributed by atoms with Crippen molar-refractivity contribution in [3.8, 4) is 17.4 Å². The van der Waals surface area contributed by atoms with Crippen LogP contribution in [0.1, 0.15) is 5.69 Å². The highest BCUT2D eigenvalue weighted by atomic mass is 16.6. The lowest BCUT2D eigenvalue weighted by Gasteiger charge is -2.00. The van der Waals surface area contributed by atoms with Crippen LogP contribution in [-0.2, 0) is 0 Å². The maximum Gasteiger partial charge on any atom is 0.312 e. The van der Waals surface area contributed by atoms with Crippen LogP contribution in [0.2, 0.25) is 0 Å². The average Bonchev–Trinajstić information content (AvgIpc) is 3.07. The molecular weight excluding hydrogens is 346 g/mol. The Hall–Kier alpha value is -4.00. The van der Waals surface area contributed by atoms with E-state index in [1.807, 2.05) is 42.5 Å². The summed E-state index contributed by atoms with van der Waals surface area (Å²) >= 11 is 0. The summed E-state index contributed by atoms with van der Waals surface area (Å²) in [6, 6.07) is 19.3. The summed E-state index contributed by atoms with van der Waals surface area (Å²) in [5.41, 5.74) is 1.40. The Morgan fingerprint density at radius 1 is 1.04 bits per heavy atom. The second kappa shape index (κ2) is 6.72. The van der Waals surface area contributed by atoms with E-state index in [4.69, 9.17) is 4.42 Å². The summed E-state index contributed by atoms with van der Waals surface area (Å²) in [5, 5.41) is 22.8. The maximum atomic E-state index is 10.7. The summed E-state index contributed by atoms with van der Waals surface area (Å²) in [5.74, 6) is -0.214. The third-order valence-electron chi connectivity index (χ3n) is 4.05. The third-order valence-corrected chi connectivity index (χ3v) is 4.05. The summed E-state index contributed by atoms with van der Waals surface area (Å²) in [7, 11) is 0. The van der Waals surface area contributed by atoms with Crippen molar-refractivity contribution in [2.45, 2.75) is 0 Å². The van der Waals surface area contributed by atoms with E-state index in [0.29, 0.717) is 5.56 Å². The van der Waals surface area contributed by atoms with Crippen molar-refractivity contribution in [1.82, 2.24) is 4.98 Å². The minimum absolute atomic E-state index is 0.0349. The zero-order valence-corrected chi connectivity index (χ0v) is 13.9. The first-order valence-electron chi connectivity index (χ1n) is 8.08. The molecule has 1 aromatic heterocycles. The third kappa shape index (κ3) is 3.25. The Morgan fingerprint density at radius 3 is 2.56 bits per heavy atom. The number of aliphatic imine (C=N–C) groups is 1. The highest BCUT2D eigenvalue weighted by Gasteiger charge is 2.14. The first-order chi connectivity index (χ1) is 13.1. The molecule has 0 bridgehead atoms. The van der Waals surface area contributed by atoms with Crippen LogP contribution in [0.3, 0.4) is 0 Å². The van der Waals surface area contributed by atoms with Crippen LogP contribution >= 0.6 is 0 Å². The molecule has 0 spiro atoms. The number of benzene rings is 3. The number of nitro benzene ring substituents is 1. The number of rotatable bonds is 4. The minimum atomic E-state index is -0.487. The molecule has 0 radical (unpaired) electrons. The van der Waals surface area contributed by atoms with Crippen molar-refractivity contribution in [3.63, 3.8) is 0 Å². The monoisotopic (exact) mass is 359 g/mol. The lowest BCUT2D eigenvalue weighted by atomic mass is 10.1. The van der Waals surface area contributed by atoms with E-state index in [9.17, 15) is 15.2 Å². The number of non-ortho nitro benzene ring substituents is 1. The Morgan fingerprint density at radius 2 is 1.78 bits per heavy atom. The van der Waals surface area contributed by atoms with E-state index in [1.165, 1.54) is 30.5 Å². The van der Waals surface area contributed by atoms with Crippen LogP contribution in [0.25, 0.3) is 22.2 Å². The fourth-order valence-electron chi connectivity index (χ4n) is 2.71. The minimum Gasteiger partial charge on any atom is -0.479 e. The van der Waals surface area contributed by atoms with Crippen LogP contribution in [0.15, 0.2) is 76.1 Å². The van der Waals surface area contributed by atoms with Gasteiger partial charge >= 0.3 is 5.95 Å². The van der Waals surface area contributed by atoms with E-state index in [1.54, 1.807) is 0 Å². The molecule has 132 valence electrons. The summed E-state index contributed by atoms with van der Waals surface area (Å²) in [6.45, 7) is 0. The summed E-state index contributed by atoms with van der Waals surface area (Å²) < 4.78 is 5.26. The smallest absolute Gasteiger partial charge is 0.312 e. The van der Waals surface area contributed by atoms with E-state index in [2.05, 4.69) is 9.98 Å². The van der Waals surface area contributed by atoms with Crippen molar-refractivity contribution >= 4 is 28.4 Å². The topological polar surface area (TPSA) is 102 Å². The normalized spacial score (nSPS) is 11.3. The van der Waals surface area contributed by atoms with Crippen LogP contribution < -0.4 is 0 Å². The number of nitro groups is 1. The van der Waals surface area contributed by atoms with Crippen molar-refractivity contribution in [3.05, 3.63) is 82.5 Å². The molecule has 7 nitrogen and oxygen atoms in total. The molecule has 1 N–H and O–H groups in total. The number of oxazole rings is 1. The second-order valence-electron chi connectivity index (χ2n) is 5.77. The van der Waals surface area contributed by atoms with Gasteiger partial charge in [0, 0.05) is 23.1 Å². The molecule has 0 amide bonds. The van der Waals surface area contributed by atoms with Crippen molar-refractivity contribution in [2.24, 2.45) is 4.99 Å². The van der Waals surface area contributed by atoms with Gasteiger partial charge in [0.15, 0.2) is 5.69 Å². The lowest BCUT2D eigenvalue weighted by Crippen LogP contribution is -1.87. The van der Waals surface area contributed by atoms with Gasteiger partial charge in [-0.15, -0.1) is 0 Å². The first-order valence-corrected chi connectivity index (χ1v) is 8.08. The number of nitrogens with zero attached hydrogens (tertiary/aromatic N) is 3. The predicted molar refractivity (Wildman–Crippen MR) is 101 cm³/mol. The van der Waals surface area contributed by atoms with Gasteiger partial charge < -0.3 is 9.52 Å². The Labute approximate surface area is 153 Å². The molecule has 0 fully saturated rings. The molecular formula is C20H13N3O4. The van der Waals surface area contributed by atoms with E-state index in [-0.39, 0.29) is 23.2 Å². The highest BCUT2D eigenvalue weighted by Crippen LogP contribution is 2.29. The van der Waals surface area contributed by atoms with Gasteiger partial charge in [-0.05, 0) is 23.6 Å².